The predicted octanol–water partition coefficient (Wildman–Crippen LogP) is 0.676. The van der Waals surface area contributed by atoms with Crippen LogP contribution in [0.3, 0.4) is 0 Å². The summed E-state index contributed by atoms with van der Waals surface area (Å²) in [4.78, 5) is 0. The Morgan fingerprint density at radius 3 is 2.39 bits per heavy atom. The second-order valence-electron chi connectivity index (χ2n) is 4.02. The van der Waals surface area contributed by atoms with Crippen LogP contribution in [0.4, 0.5) is 0 Å². The second-order valence-corrected chi connectivity index (χ2v) is 6.22. The van der Waals surface area contributed by atoms with Gasteiger partial charge in [-0.1, -0.05) is 12.1 Å². The van der Waals surface area contributed by atoms with Crippen molar-refractivity contribution in [2.75, 3.05) is 33.5 Å². The first-order valence-corrected chi connectivity index (χ1v) is 7.32. The Balaban J connectivity index is 2.65. The highest BCUT2D eigenvalue weighted by molar-refractivity contribution is 7.89. The van der Waals surface area contributed by atoms with Crippen molar-refractivity contribution < 1.29 is 13.2 Å². The molecule has 1 aromatic carbocycles. The van der Waals surface area contributed by atoms with Gasteiger partial charge in [-0.2, -0.15) is 0 Å². The largest absolute Gasteiger partial charge is 0.497 e. The first kappa shape index (κ1) is 14.9. The molecule has 0 radical (unpaired) electrons. The third-order valence-corrected chi connectivity index (χ3v) is 4.45. The normalized spacial score (nSPS) is 11.8. The molecule has 0 amide bonds. The summed E-state index contributed by atoms with van der Waals surface area (Å²) >= 11 is 0. The molecule has 0 saturated carbocycles. The third kappa shape index (κ3) is 4.29. The number of nitrogens with one attached hydrogen (secondary N) is 1. The summed E-state index contributed by atoms with van der Waals surface area (Å²) in [5.41, 5.74) is 0.936. The van der Waals surface area contributed by atoms with E-state index in [0.29, 0.717) is 13.1 Å². The molecule has 0 aromatic heterocycles. The summed E-state index contributed by atoms with van der Waals surface area (Å²) < 4.78 is 30.2. The van der Waals surface area contributed by atoms with Crippen molar-refractivity contribution in [3.8, 4) is 5.75 Å². The van der Waals surface area contributed by atoms with Crippen LogP contribution in [0, 0.1) is 0 Å². The van der Waals surface area contributed by atoms with Gasteiger partial charge in [0.05, 0.1) is 12.9 Å². The number of ether oxygens (including phenoxy) is 1. The lowest BCUT2D eigenvalue weighted by molar-refractivity contribution is 0.414. The molecule has 0 atom stereocenters. The van der Waals surface area contributed by atoms with Crippen molar-refractivity contribution in [1.82, 2.24) is 9.62 Å². The van der Waals surface area contributed by atoms with Gasteiger partial charge in [-0.25, -0.2) is 12.7 Å². The van der Waals surface area contributed by atoms with Crippen molar-refractivity contribution in [2.45, 2.75) is 6.54 Å². The highest BCUT2D eigenvalue weighted by Crippen LogP contribution is 2.13. The van der Waals surface area contributed by atoms with Gasteiger partial charge in [0.2, 0.25) is 10.0 Å². The fourth-order valence-electron chi connectivity index (χ4n) is 1.47. The van der Waals surface area contributed by atoms with Gasteiger partial charge in [0, 0.05) is 20.1 Å². The lowest BCUT2D eigenvalue weighted by atomic mass is 10.2. The Labute approximate surface area is 109 Å². The van der Waals surface area contributed by atoms with E-state index in [1.807, 2.05) is 24.3 Å². The molecule has 0 aliphatic heterocycles. The van der Waals surface area contributed by atoms with Gasteiger partial charge in [0.15, 0.2) is 0 Å². The van der Waals surface area contributed by atoms with Crippen molar-refractivity contribution in [2.24, 2.45) is 0 Å². The molecule has 1 rings (SSSR count). The Morgan fingerprint density at radius 2 is 1.89 bits per heavy atom. The summed E-state index contributed by atoms with van der Waals surface area (Å²) in [6.07, 6.45) is 0. The molecule has 0 aliphatic rings. The Bertz CT molecular complexity index is 457. The Morgan fingerprint density at radius 1 is 1.28 bits per heavy atom. The highest BCUT2D eigenvalue weighted by Gasteiger charge is 2.17. The first-order valence-electron chi connectivity index (χ1n) is 5.71. The predicted molar refractivity (Wildman–Crippen MR) is 72.2 cm³/mol. The van der Waals surface area contributed by atoms with E-state index >= 15 is 0 Å². The molecule has 102 valence electrons. The zero-order chi connectivity index (χ0) is 13.6. The van der Waals surface area contributed by atoms with E-state index in [4.69, 9.17) is 4.74 Å². The van der Waals surface area contributed by atoms with E-state index in [2.05, 4.69) is 5.32 Å². The van der Waals surface area contributed by atoms with E-state index in [0.717, 1.165) is 11.3 Å². The van der Waals surface area contributed by atoms with Crippen LogP contribution in [0.15, 0.2) is 24.3 Å². The number of rotatable bonds is 7. The molecule has 0 aliphatic carbocycles. The lowest BCUT2D eigenvalue weighted by Gasteiger charge is -2.17. The molecule has 0 unspecified atom stereocenters. The maximum Gasteiger partial charge on any atom is 0.215 e. The van der Waals surface area contributed by atoms with E-state index in [9.17, 15) is 8.42 Å². The molecule has 18 heavy (non-hydrogen) atoms. The fraction of sp³-hybridized carbons (Fsp3) is 0.500. The van der Waals surface area contributed by atoms with Crippen LogP contribution in [0.5, 0.6) is 5.75 Å². The Kier molecular flexibility index (Phi) is 5.58. The highest BCUT2D eigenvalue weighted by atomic mass is 32.2. The van der Waals surface area contributed by atoms with Crippen LogP contribution >= 0.6 is 0 Å². The molecular weight excluding hydrogens is 252 g/mol. The fourth-order valence-corrected chi connectivity index (χ4v) is 2.59. The standard InChI is InChI=1S/C12H20N2O3S/c1-13-8-9-18(15,16)14(2)10-11-4-6-12(17-3)7-5-11/h4-7,13H,8-10H2,1-3H3. The van der Waals surface area contributed by atoms with Crippen LogP contribution in [-0.4, -0.2) is 46.2 Å². The smallest absolute Gasteiger partial charge is 0.215 e. The van der Waals surface area contributed by atoms with Gasteiger partial charge in [-0.3, -0.25) is 0 Å². The van der Waals surface area contributed by atoms with Crippen LogP contribution in [0.25, 0.3) is 0 Å². The van der Waals surface area contributed by atoms with Crippen molar-refractivity contribution in [3.63, 3.8) is 0 Å². The van der Waals surface area contributed by atoms with Crippen molar-refractivity contribution >= 4 is 10.0 Å². The van der Waals surface area contributed by atoms with Crippen molar-refractivity contribution in [1.29, 1.82) is 0 Å². The molecule has 5 nitrogen and oxygen atoms in total. The zero-order valence-electron chi connectivity index (χ0n) is 11.0. The van der Waals surface area contributed by atoms with Gasteiger partial charge in [-0.15, -0.1) is 0 Å². The molecule has 1 aromatic rings. The zero-order valence-corrected chi connectivity index (χ0v) is 11.8. The molecule has 0 heterocycles. The number of benzene rings is 1. The average Bonchev–Trinajstić information content (AvgIpc) is 2.37. The van der Waals surface area contributed by atoms with Gasteiger partial charge >= 0.3 is 0 Å². The monoisotopic (exact) mass is 272 g/mol. The lowest BCUT2D eigenvalue weighted by Crippen LogP contribution is -2.32. The van der Waals surface area contributed by atoms with E-state index < -0.39 is 10.0 Å². The van der Waals surface area contributed by atoms with Crippen LogP contribution in [-0.2, 0) is 16.6 Å². The molecule has 0 spiro atoms. The topological polar surface area (TPSA) is 58.6 Å². The van der Waals surface area contributed by atoms with Gasteiger partial charge in [0.25, 0.3) is 0 Å². The van der Waals surface area contributed by atoms with Crippen molar-refractivity contribution in [3.05, 3.63) is 29.8 Å². The maximum absolute atomic E-state index is 11.9. The summed E-state index contributed by atoms with van der Waals surface area (Å²) in [6, 6.07) is 7.37. The molecule has 1 N–H and O–H groups in total. The van der Waals surface area contributed by atoms with E-state index in [1.165, 1.54) is 4.31 Å². The summed E-state index contributed by atoms with van der Waals surface area (Å²) in [5, 5.41) is 2.84. The third-order valence-electron chi connectivity index (χ3n) is 2.65. The quantitative estimate of drug-likeness (QED) is 0.793. The molecule has 0 bridgehead atoms. The summed E-state index contributed by atoms with van der Waals surface area (Å²) in [6.45, 7) is 0.825. The molecular formula is C12H20N2O3S. The second kappa shape index (κ2) is 6.72. The molecule has 0 fully saturated rings. The van der Waals surface area contributed by atoms with Gasteiger partial charge in [0.1, 0.15) is 5.75 Å². The average molecular weight is 272 g/mol. The number of hydrogen-bond donors (Lipinski definition) is 1. The first-order chi connectivity index (χ1) is 8.49. The number of methoxy groups -OCH3 is 1. The Hall–Kier alpha value is -1.11. The summed E-state index contributed by atoms with van der Waals surface area (Å²) in [7, 11) is 1.73. The molecule has 6 heteroatoms. The van der Waals surface area contributed by atoms with E-state index in [1.54, 1.807) is 21.2 Å². The summed E-state index contributed by atoms with van der Waals surface area (Å²) in [5.74, 6) is 0.871. The van der Waals surface area contributed by atoms with Gasteiger partial charge in [-0.05, 0) is 24.7 Å². The van der Waals surface area contributed by atoms with Crippen LogP contribution in [0.1, 0.15) is 5.56 Å². The minimum atomic E-state index is -3.20. The molecule has 0 saturated heterocycles. The maximum atomic E-state index is 11.9. The minimum Gasteiger partial charge on any atom is -0.497 e. The number of sulfonamides is 1. The number of nitrogens with zero attached hydrogens (tertiary/aromatic N) is 1. The van der Waals surface area contributed by atoms with Crippen LogP contribution in [0.2, 0.25) is 0 Å². The minimum absolute atomic E-state index is 0.107. The van der Waals surface area contributed by atoms with E-state index in [-0.39, 0.29) is 5.75 Å². The number of hydrogen-bond acceptors (Lipinski definition) is 4. The van der Waals surface area contributed by atoms with Gasteiger partial charge < -0.3 is 10.1 Å². The SMILES string of the molecule is CNCCS(=O)(=O)N(C)Cc1ccc(OC)cc1. The van der Waals surface area contributed by atoms with Crippen LogP contribution < -0.4 is 10.1 Å².